The van der Waals surface area contributed by atoms with Crippen LogP contribution in [0.25, 0.3) is 11.5 Å². The van der Waals surface area contributed by atoms with E-state index in [1.807, 2.05) is 19.1 Å². The average Bonchev–Trinajstić information content (AvgIpc) is 3.07. The molecule has 0 atom stereocenters. The lowest BCUT2D eigenvalue weighted by atomic mass is 10.2. The summed E-state index contributed by atoms with van der Waals surface area (Å²) in [5.74, 6) is 0.463. The second-order valence-electron chi connectivity index (χ2n) is 4.62. The minimum absolute atomic E-state index is 0.0970. The van der Waals surface area contributed by atoms with Gasteiger partial charge in [0.05, 0.1) is 0 Å². The molecule has 2 heterocycles. The molecule has 0 aromatic carbocycles. The van der Waals surface area contributed by atoms with Crippen molar-refractivity contribution in [2.24, 2.45) is 5.14 Å². The maximum absolute atomic E-state index is 11.5. The van der Waals surface area contributed by atoms with Crippen LogP contribution in [0.4, 0.5) is 0 Å². The molecule has 100 valence electrons. The summed E-state index contributed by atoms with van der Waals surface area (Å²) in [6.07, 6.45) is 3.45. The molecule has 2 N–H and O–H groups in total. The Labute approximate surface area is 110 Å². The zero-order valence-electron chi connectivity index (χ0n) is 10.3. The van der Waals surface area contributed by atoms with E-state index < -0.39 is 10.0 Å². The number of aromatic nitrogens is 4. The molecule has 3 rings (SSSR count). The first-order valence-corrected chi connectivity index (χ1v) is 7.43. The van der Waals surface area contributed by atoms with E-state index in [0.717, 1.165) is 18.4 Å². The number of rotatable bonds is 3. The zero-order valence-corrected chi connectivity index (χ0v) is 11.1. The van der Waals surface area contributed by atoms with Crippen LogP contribution in [0.1, 0.15) is 24.4 Å². The summed E-state index contributed by atoms with van der Waals surface area (Å²) in [4.78, 5) is 4.26. The van der Waals surface area contributed by atoms with Gasteiger partial charge in [0, 0.05) is 12.2 Å². The van der Waals surface area contributed by atoms with Gasteiger partial charge in [-0.15, -0.1) is 10.2 Å². The molecule has 1 aliphatic rings. The number of nitrogens with two attached hydrogens (primary N) is 1. The highest BCUT2D eigenvalue weighted by molar-refractivity contribution is 7.89. The van der Waals surface area contributed by atoms with Gasteiger partial charge in [-0.05, 0) is 31.4 Å². The third kappa shape index (κ3) is 2.13. The largest absolute Gasteiger partial charge is 0.292 e. The third-order valence-electron chi connectivity index (χ3n) is 3.05. The fraction of sp³-hybridized carbons (Fsp3) is 0.364. The van der Waals surface area contributed by atoms with E-state index in [9.17, 15) is 8.42 Å². The summed E-state index contributed by atoms with van der Waals surface area (Å²) in [6, 6.07) is 3.81. The molecule has 0 saturated heterocycles. The first-order valence-electron chi connectivity index (χ1n) is 5.88. The Kier molecular flexibility index (Phi) is 2.64. The number of hydrogen-bond acceptors (Lipinski definition) is 5. The van der Waals surface area contributed by atoms with Crippen molar-refractivity contribution in [3.05, 3.63) is 23.9 Å². The molecule has 0 bridgehead atoms. The van der Waals surface area contributed by atoms with E-state index in [1.165, 1.54) is 0 Å². The van der Waals surface area contributed by atoms with E-state index in [4.69, 9.17) is 5.14 Å². The van der Waals surface area contributed by atoms with E-state index >= 15 is 0 Å². The number of pyridine rings is 1. The first kappa shape index (κ1) is 12.2. The standard InChI is InChI=1S/C11H13N5O2S/c1-7-3-2-6-13-9(7)10-14-15-11(19(12,17)18)16(10)8-4-5-8/h2-3,6,8H,4-5H2,1H3,(H2,12,17,18). The lowest BCUT2D eigenvalue weighted by molar-refractivity contribution is 0.567. The molecule has 8 heteroatoms. The van der Waals surface area contributed by atoms with Gasteiger partial charge in [-0.2, -0.15) is 0 Å². The molecular weight excluding hydrogens is 266 g/mol. The third-order valence-corrected chi connectivity index (χ3v) is 3.84. The van der Waals surface area contributed by atoms with Crippen LogP contribution >= 0.6 is 0 Å². The van der Waals surface area contributed by atoms with Crippen LogP contribution in [0.15, 0.2) is 23.5 Å². The Morgan fingerprint density at radius 1 is 1.37 bits per heavy atom. The summed E-state index contributed by atoms with van der Waals surface area (Å²) in [6.45, 7) is 1.89. The van der Waals surface area contributed by atoms with Gasteiger partial charge >= 0.3 is 0 Å². The van der Waals surface area contributed by atoms with Crippen molar-refractivity contribution in [1.82, 2.24) is 19.7 Å². The molecule has 1 saturated carbocycles. The maximum Gasteiger partial charge on any atom is 0.273 e. The van der Waals surface area contributed by atoms with E-state index in [0.29, 0.717) is 11.5 Å². The van der Waals surface area contributed by atoms with E-state index in [1.54, 1.807) is 10.8 Å². The first-order chi connectivity index (χ1) is 8.98. The number of nitrogens with zero attached hydrogens (tertiary/aromatic N) is 4. The molecule has 0 amide bonds. The van der Waals surface area contributed by atoms with Crippen molar-refractivity contribution in [3.63, 3.8) is 0 Å². The van der Waals surface area contributed by atoms with Gasteiger partial charge < -0.3 is 0 Å². The molecule has 0 unspecified atom stereocenters. The molecule has 0 radical (unpaired) electrons. The van der Waals surface area contributed by atoms with Crippen LogP contribution in [0.2, 0.25) is 0 Å². The second-order valence-corrected chi connectivity index (χ2v) is 6.08. The van der Waals surface area contributed by atoms with Crippen LogP contribution in [-0.4, -0.2) is 28.2 Å². The molecule has 1 aliphatic carbocycles. The lowest BCUT2D eigenvalue weighted by Crippen LogP contribution is -2.18. The lowest BCUT2D eigenvalue weighted by Gasteiger charge is -2.08. The Balaban J connectivity index is 2.24. The molecule has 19 heavy (non-hydrogen) atoms. The molecule has 0 spiro atoms. The highest BCUT2D eigenvalue weighted by atomic mass is 32.2. The summed E-state index contributed by atoms with van der Waals surface area (Å²) in [5, 5.41) is 12.7. The van der Waals surface area contributed by atoms with Crippen LogP contribution in [0.5, 0.6) is 0 Å². The van der Waals surface area contributed by atoms with Crippen LogP contribution < -0.4 is 5.14 Å². The molecule has 0 aliphatic heterocycles. The predicted octanol–water partition coefficient (Wildman–Crippen LogP) is 0.631. The molecule has 1 fully saturated rings. The van der Waals surface area contributed by atoms with E-state index in [-0.39, 0.29) is 11.2 Å². The highest BCUT2D eigenvalue weighted by Gasteiger charge is 2.34. The van der Waals surface area contributed by atoms with E-state index in [2.05, 4.69) is 15.2 Å². The number of hydrogen-bond donors (Lipinski definition) is 1. The summed E-state index contributed by atoms with van der Waals surface area (Å²) in [5.41, 5.74) is 1.55. The second kappa shape index (κ2) is 4.10. The van der Waals surface area contributed by atoms with Crippen LogP contribution in [-0.2, 0) is 10.0 Å². The molecule has 7 nitrogen and oxygen atoms in total. The number of aryl methyl sites for hydroxylation is 1. The zero-order chi connectivity index (χ0) is 13.6. The Hall–Kier alpha value is -1.80. The fourth-order valence-corrected chi connectivity index (χ4v) is 2.68. The monoisotopic (exact) mass is 279 g/mol. The predicted molar refractivity (Wildman–Crippen MR) is 67.6 cm³/mol. The highest BCUT2D eigenvalue weighted by Crippen LogP contribution is 2.39. The van der Waals surface area contributed by atoms with Crippen molar-refractivity contribution in [1.29, 1.82) is 0 Å². The van der Waals surface area contributed by atoms with Gasteiger partial charge in [-0.1, -0.05) is 6.07 Å². The topological polar surface area (TPSA) is 104 Å². The van der Waals surface area contributed by atoms with Gasteiger partial charge in [0.15, 0.2) is 5.82 Å². The minimum atomic E-state index is -3.88. The van der Waals surface area contributed by atoms with Crippen molar-refractivity contribution in [3.8, 4) is 11.5 Å². The van der Waals surface area contributed by atoms with Crippen LogP contribution in [0, 0.1) is 6.92 Å². The quantitative estimate of drug-likeness (QED) is 0.887. The Bertz CT molecular complexity index is 733. The summed E-state index contributed by atoms with van der Waals surface area (Å²) < 4.78 is 24.7. The normalized spacial score (nSPS) is 15.7. The smallest absolute Gasteiger partial charge is 0.273 e. The summed E-state index contributed by atoms with van der Waals surface area (Å²) in [7, 11) is -3.88. The van der Waals surface area contributed by atoms with Crippen molar-refractivity contribution in [2.45, 2.75) is 31.0 Å². The van der Waals surface area contributed by atoms with Crippen molar-refractivity contribution in [2.75, 3.05) is 0 Å². The SMILES string of the molecule is Cc1cccnc1-c1nnc(S(N)(=O)=O)n1C1CC1. The van der Waals surface area contributed by atoms with Gasteiger partial charge in [0.25, 0.3) is 15.2 Å². The average molecular weight is 279 g/mol. The van der Waals surface area contributed by atoms with Crippen molar-refractivity contribution >= 4 is 10.0 Å². The van der Waals surface area contributed by atoms with Gasteiger partial charge in [-0.3, -0.25) is 9.55 Å². The molecular formula is C11H13N5O2S. The number of primary sulfonamides is 1. The summed E-state index contributed by atoms with van der Waals surface area (Å²) >= 11 is 0. The minimum Gasteiger partial charge on any atom is -0.292 e. The number of sulfonamides is 1. The molecule has 2 aromatic rings. The Morgan fingerprint density at radius 3 is 2.68 bits per heavy atom. The van der Waals surface area contributed by atoms with Crippen molar-refractivity contribution < 1.29 is 8.42 Å². The van der Waals surface area contributed by atoms with Gasteiger partial charge in [0.2, 0.25) is 0 Å². The maximum atomic E-state index is 11.5. The van der Waals surface area contributed by atoms with Crippen LogP contribution in [0.3, 0.4) is 0 Å². The fourth-order valence-electron chi connectivity index (χ4n) is 2.01. The van der Waals surface area contributed by atoms with Gasteiger partial charge in [-0.25, -0.2) is 13.6 Å². The van der Waals surface area contributed by atoms with Gasteiger partial charge in [0.1, 0.15) is 5.69 Å². The Morgan fingerprint density at radius 2 is 2.11 bits per heavy atom. The molecule has 2 aromatic heterocycles.